The third-order valence-electron chi connectivity index (χ3n) is 6.23. The van der Waals surface area contributed by atoms with Crippen molar-refractivity contribution in [2.75, 3.05) is 6.54 Å². The molecule has 0 saturated heterocycles. The van der Waals surface area contributed by atoms with E-state index in [4.69, 9.17) is 1.37 Å². The van der Waals surface area contributed by atoms with Gasteiger partial charge in [0.15, 0.2) is 0 Å². The van der Waals surface area contributed by atoms with Crippen molar-refractivity contribution in [2.24, 2.45) is 33.4 Å². The molecule has 0 unspecified atom stereocenters. The van der Waals surface area contributed by atoms with E-state index in [1.807, 2.05) is 22.6 Å². The van der Waals surface area contributed by atoms with Crippen molar-refractivity contribution in [3.63, 3.8) is 0 Å². The Balaban J connectivity index is 0.000000610. The van der Waals surface area contributed by atoms with E-state index >= 15 is 0 Å². The Labute approximate surface area is 177 Å². The van der Waals surface area contributed by atoms with Crippen molar-refractivity contribution in [1.29, 1.82) is 0 Å². The van der Waals surface area contributed by atoms with Crippen molar-refractivity contribution >= 4 is 50.6 Å². The molecule has 0 N–H and O–H groups in total. The van der Waals surface area contributed by atoms with Gasteiger partial charge in [-0.3, -0.25) is 0 Å². The number of nitrogens with zero attached hydrogens (tertiary/aromatic N) is 1. The molecule has 0 radical (unpaired) electrons. The van der Waals surface area contributed by atoms with Crippen LogP contribution in [-0.2, 0) is 12.4 Å². The predicted molar refractivity (Wildman–Crippen MR) is 124 cm³/mol. The minimum absolute atomic E-state index is 0.323. The number of hydrogen-bond donors (Lipinski definition) is 0. The van der Waals surface area contributed by atoms with Crippen molar-refractivity contribution in [2.45, 2.75) is 86.0 Å². The van der Waals surface area contributed by atoms with E-state index in [1.165, 1.54) is 51.4 Å². The molecular weight excluding hydrogens is 445 g/mol. The van der Waals surface area contributed by atoms with Gasteiger partial charge in [-0.1, -0.05) is 65.6 Å². The van der Waals surface area contributed by atoms with Crippen LogP contribution in [0.1, 0.15) is 87.3 Å². The van der Waals surface area contributed by atoms with Crippen LogP contribution in [0, 0.1) is 29.1 Å². The molecule has 0 heterocycles. The van der Waals surface area contributed by atoms with Gasteiger partial charge in [0.2, 0.25) is 0 Å². The Morgan fingerprint density at radius 3 is 1.54 bits per heavy atom. The topological polar surface area (TPSA) is 12.4 Å². The van der Waals surface area contributed by atoms with E-state index in [9.17, 15) is 0 Å². The van der Waals surface area contributed by atoms with Crippen molar-refractivity contribution in [3.8, 4) is 0 Å². The molecule has 2 rings (SSSR count). The summed E-state index contributed by atoms with van der Waals surface area (Å²) in [6.45, 7) is 10.8. The van der Waals surface area contributed by atoms with Gasteiger partial charge in [-0.2, -0.15) is 0 Å². The third kappa shape index (κ3) is 9.51. The van der Waals surface area contributed by atoms with Crippen molar-refractivity contribution < 1.29 is 1.37 Å². The van der Waals surface area contributed by atoms with Gasteiger partial charge < -0.3 is 0 Å². The quantitative estimate of drug-likeness (QED) is 0.230. The molecule has 0 aromatic carbocycles. The smallest absolute Gasteiger partial charge is 0.0492 e. The highest BCUT2D eigenvalue weighted by Gasteiger charge is 2.39. The molecule has 2 aliphatic rings. The molecule has 0 spiro atoms. The van der Waals surface area contributed by atoms with Gasteiger partial charge in [0.1, 0.15) is 0 Å². The lowest BCUT2D eigenvalue weighted by molar-refractivity contribution is 0.0421. The average Bonchev–Trinajstić information content (AvgIpc) is 2.58. The lowest BCUT2D eigenvalue weighted by Crippen LogP contribution is -2.36. The summed E-state index contributed by atoms with van der Waals surface area (Å²) in [5, 5.41) is 0. The van der Waals surface area contributed by atoms with Crippen LogP contribution in [0.2, 0.25) is 0 Å². The second-order valence-corrected chi connectivity index (χ2v) is 10.1. The highest BCUT2D eigenvalue weighted by Crippen LogP contribution is 2.49. The van der Waals surface area contributed by atoms with Crippen LogP contribution in [-0.4, -0.2) is 9.92 Å². The first-order valence-electron chi connectivity index (χ1n) is 10.2. The summed E-state index contributed by atoms with van der Waals surface area (Å²) in [5.41, 5.74) is 0.611. The Kier molecular flexibility index (Phi) is 13.3. The van der Waals surface area contributed by atoms with Crippen LogP contribution < -0.4 is 0 Å². The molecule has 0 aromatic rings. The Morgan fingerprint density at radius 2 is 1.33 bits per heavy atom. The van der Waals surface area contributed by atoms with E-state index in [1.54, 1.807) is 3.37 Å². The Hall–Kier alpha value is 0.840. The molecule has 24 heavy (non-hydrogen) atoms. The molecule has 0 atom stereocenters. The minimum Gasteiger partial charge on any atom is -0.220 e. The number of rotatable bonds is 3. The standard InChI is InChI=1S/C17H32.C2H5NS.CHIS/c1-13-5-9-15(10-6-13)17(3,4)16-11-7-14(2)8-12-16;1-2-3-4;2-1-3/h13-16H,5-12H2,1-4H3;2H2,1H3;1H/i;1T;. The first-order valence-corrected chi connectivity index (χ1v) is 11.5. The lowest BCUT2D eigenvalue weighted by atomic mass is 9.59. The van der Waals surface area contributed by atoms with Crippen LogP contribution in [0.5, 0.6) is 0 Å². The van der Waals surface area contributed by atoms with E-state index < -0.39 is 0 Å². The maximum Gasteiger partial charge on any atom is 0.0492 e. The zero-order valence-corrected chi connectivity index (χ0v) is 19.9. The van der Waals surface area contributed by atoms with Crippen LogP contribution in [0.4, 0.5) is 0 Å². The van der Waals surface area contributed by atoms with Gasteiger partial charge >= 0.3 is 0 Å². The van der Waals surface area contributed by atoms with E-state index in [-0.39, 0.29) is 0 Å². The largest absolute Gasteiger partial charge is 0.220 e. The molecule has 2 fully saturated rings. The molecule has 2 aliphatic carbocycles. The molecule has 1 nitrogen and oxygen atoms in total. The second kappa shape index (κ2) is 14.0. The maximum atomic E-state index is 6.44. The summed E-state index contributed by atoms with van der Waals surface area (Å²) in [5.74, 6) is 4.01. The average molecular weight is 486 g/mol. The SMILES string of the molecule is CC1CCC(C(C)(C)C2CCC(C)CC2)CC1.S=CI.[3H]CCN=S. The van der Waals surface area contributed by atoms with Crippen molar-refractivity contribution in [3.05, 3.63) is 0 Å². The van der Waals surface area contributed by atoms with Crippen LogP contribution in [0.3, 0.4) is 0 Å². The maximum absolute atomic E-state index is 6.44. The fourth-order valence-corrected chi connectivity index (χ4v) is 4.34. The van der Waals surface area contributed by atoms with Gasteiger partial charge in [-0.05, 0) is 84.3 Å². The Morgan fingerprint density at radius 1 is 1.00 bits per heavy atom. The number of thiocarbonyl (C=S) groups is 1. The normalized spacial score (nSPS) is 30.6. The molecule has 2 saturated carbocycles. The van der Waals surface area contributed by atoms with E-state index in [2.05, 4.69) is 56.7 Å². The summed E-state index contributed by atoms with van der Waals surface area (Å²) in [7, 11) is 0. The third-order valence-corrected chi connectivity index (χ3v) is 6.41. The highest BCUT2D eigenvalue weighted by molar-refractivity contribution is 14.1. The molecule has 4 heteroatoms. The van der Waals surface area contributed by atoms with E-state index in [0.717, 1.165) is 23.7 Å². The number of halogens is 1. The molecular formula is C20H38INS2. The molecule has 0 bridgehead atoms. The Bertz CT molecular complexity index is 326. The van der Waals surface area contributed by atoms with Gasteiger partial charge in [-0.15, -0.1) is 0 Å². The summed E-state index contributed by atoms with van der Waals surface area (Å²) in [4.78, 5) is 0. The molecule has 0 aromatic heterocycles. The fraction of sp³-hybridized carbons (Fsp3) is 0.950. The van der Waals surface area contributed by atoms with Gasteiger partial charge in [0.25, 0.3) is 0 Å². The monoisotopic (exact) mass is 485 g/mol. The van der Waals surface area contributed by atoms with Crippen LogP contribution in [0.15, 0.2) is 4.36 Å². The zero-order valence-electron chi connectivity index (χ0n) is 17.1. The second-order valence-electron chi connectivity index (χ2n) is 8.18. The fourth-order valence-electron chi connectivity index (χ4n) is 4.34. The molecule has 142 valence electrons. The zero-order chi connectivity index (χ0) is 19.3. The number of hydrogen-bond acceptors (Lipinski definition) is 3. The predicted octanol–water partition coefficient (Wildman–Crippen LogP) is 7.78. The lowest BCUT2D eigenvalue weighted by Gasteiger charge is -2.46. The van der Waals surface area contributed by atoms with Crippen molar-refractivity contribution in [1.82, 2.24) is 0 Å². The van der Waals surface area contributed by atoms with Gasteiger partial charge in [-0.25, -0.2) is 4.36 Å². The molecule has 0 aliphatic heterocycles. The summed E-state index contributed by atoms with van der Waals surface area (Å²) >= 11 is 10.4. The van der Waals surface area contributed by atoms with Crippen LogP contribution in [0.25, 0.3) is 0 Å². The first-order chi connectivity index (χ1) is 11.8. The summed E-state index contributed by atoms with van der Waals surface area (Å²) < 4.78 is 11.2. The summed E-state index contributed by atoms with van der Waals surface area (Å²) in [6, 6.07) is 0. The van der Waals surface area contributed by atoms with Gasteiger partial charge in [0.05, 0.1) is 0 Å². The first kappa shape index (κ1) is 22.9. The summed E-state index contributed by atoms with van der Waals surface area (Å²) in [6.07, 6.45) is 11.9. The van der Waals surface area contributed by atoms with E-state index in [0.29, 0.717) is 18.9 Å². The minimum atomic E-state index is 0.323. The van der Waals surface area contributed by atoms with Crippen LogP contribution >= 0.6 is 34.8 Å². The molecule has 0 amide bonds. The van der Waals surface area contributed by atoms with Gasteiger partial charge in [0, 0.05) is 23.7 Å². The highest BCUT2D eigenvalue weighted by atomic mass is 127.